The summed E-state index contributed by atoms with van der Waals surface area (Å²) < 4.78 is 45.5. The second-order valence-corrected chi connectivity index (χ2v) is 10.3. The lowest BCUT2D eigenvalue weighted by atomic mass is 9.87. The number of amides is 1. The van der Waals surface area contributed by atoms with Crippen LogP contribution in [0.2, 0.25) is 0 Å². The monoisotopic (exact) mass is 535 g/mol. The van der Waals surface area contributed by atoms with E-state index in [4.69, 9.17) is 5.73 Å². The van der Waals surface area contributed by atoms with Gasteiger partial charge in [-0.05, 0) is 72.4 Å². The minimum Gasteiger partial charge on any atom is -0.406 e. The van der Waals surface area contributed by atoms with Crippen LogP contribution in [0.3, 0.4) is 0 Å². The highest BCUT2D eigenvalue weighted by Gasteiger charge is 2.32. The summed E-state index contributed by atoms with van der Waals surface area (Å²) in [5.74, 6) is -0.475. The van der Waals surface area contributed by atoms with Crippen LogP contribution < -0.4 is 15.8 Å². The van der Waals surface area contributed by atoms with Crippen LogP contribution in [0.4, 0.5) is 24.5 Å². The normalized spacial score (nSPS) is 15.3. The minimum absolute atomic E-state index is 0.0390. The number of carbonyl (C=O) groups is 1. The number of para-hydroxylation sites is 1. The number of hydrogen-bond donors (Lipinski definition) is 2. The molecule has 5 rings (SSSR count). The fourth-order valence-electron chi connectivity index (χ4n) is 5.65. The van der Waals surface area contributed by atoms with Gasteiger partial charge in [-0.3, -0.25) is 4.79 Å². The number of aromatic nitrogens is 1. The molecule has 1 unspecified atom stereocenters. The number of rotatable bonds is 8. The van der Waals surface area contributed by atoms with Crippen molar-refractivity contribution in [3.63, 3.8) is 0 Å². The lowest BCUT2D eigenvalue weighted by molar-refractivity contribution is -0.274. The zero-order chi connectivity index (χ0) is 27.4. The Morgan fingerprint density at radius 1 is 1.00 bits per heavy atom. The van der Waals surface area contributed by atoms with Gasteiger partial charge in [0, 0.05) is 47.4 Å². The number of carbonyl (C=O) groups excluding carboxylic acids is 1. The molecule has 0 bridgehead atoms. The van der Waals surface area contributed by atoms with Gasteiger partial charge >= 0.3 is 6.36 Å². The van der Waals surface area contributed by atoms with Crippen LogP contribution in [0, 0.1) is 5.92 Å². The van der Waals surface area contributed by atoms with Crippen molar-refractivity contribution >= 4 is 28.2 Å². The average molecular weight is 536 g/mol. The Labute approximate surface area is 225 Å². The highest BCUT2D eigenvalue weighted by molar-refractivity contribution is 5.93. The first kappa shape index (κ1) is 26.7. The number of nitrogens with two attached hydrogens (primary N) is 1. The summed E-state index contributed by atoms with van der Waals surface area (Å²) in [5.41, 5.74) is 9.48. The average Bonchev–Trinajstić information content (AvgIpc) is 3.26. The number of fused-ring (bicyclic) bond motifs is 1. The number of nitrogens with one attached hydrogen (secondary N) is 1. The molecule has 1 saturated carbocycles. The summed E-state index contributed by atoms with van der Waals surface area (Å²) in [4.78, 5) is 13.3. The van der Waals surface area contributed by atoms with E-state index in [0.29, 0.717) is 22.9 Å². The van der Waals surface area contributed by atoms with E-state index in [2.05, 4.69) is 26.9 Å². The summed E-state index contributed by atoms with van der Waals surface area (Å²) in [7, 11) is 0. The molecule has 3 N–H and O–H groups in total. The van der Waals surface area contributed by atoms with Gasteiger partial charge in [-0.15, -0.1) is 13.2 Å². The Kier molecular flexibility index (Phi) is 7.82. The van der Waals surface area contributed by atoms with Crippen molar-refractivity contribution in [3.05, 3.63) is 90.1 Å². The van der Waals surface area contributed by atoms with Crippen LogP contribution in [0.1, 0.15) is 55.6 Å². The molecular weight excluding hydrogens is 503 g/mol. The molecule has 0 spiro atoms. The predicted molar refractivity (Wildman–Crippen MR) is 148 cm³/mol. The van der Waals surface area contributed by atoms with Gasteiger partial charge < -0.3 is 20.4 Å². The van der Waals surface area contributed by atoms with Gasteiger partial charge in [0.05, 0.1) is 0 Å². The number of anilines is 2. The van der Waals surface area contributed by atoms with Gasteiger partial charge in [-0.1, -0.05) is 49.6 Å². The van der Waals surface area contributed by atoms with Crippen molar-refractivity contribution in [3.8, 4) is 5.75 Å². The minimum atomic E-state index is -4.81. The van der Waals surface area contributed by atoms with Crippen LogP contribution in [-0.4, -0.2) is 16.8 Å². The highest BCUT2D eigenvalue weighted by atomic mass is 19.4. The lowest BCUT2D eigenvalue weighted by Crippen LogP contribution is -2.18. The lowest BCUT2D eigenvalue weighted by Gasteiger charge is -2.22. The summed E-state index contributed by atoms with van der Waals surface area (Å²) in [6.07, 6.45) is 3.42. The van der Waals surface area contributed by atoms with Crippen molar-refractivity contribution in [2.75, 3.05) is 11.1 Å². The van der Waals surface area contributed by atoms with Crippen molar-refractivity contribution in [1.82, 2.24) is 4.57 Å². The molecule has 1 aromatic heterocycles. The van der Waals surface area contributed by atoms with Gasteiger partial charge in [0.2, 0.25) is 5.91 Å². The maximum Gasteiger partial charge on any atom is 0.573 e. The van der Waals surface area contributed by atoms with Gasteiger partial charge in [0.25, 0.3) is 0 Å². The molecule has 1 heterocycles. The molecule has 1 aliphatic rings. The first-order chi connectivity index (χ1) is 18.7. The number of nitrogens with zero attached hydrogens (tertiary/aromatic N) is 1. The van der Waals surface area contributed by atoms with Crippen molar-refractivity contribution < 1.29 is 22.7 Å². The summed E-state index contributed by atoms with van der Waals surface area (Å²) in [5, 5.41) is 3.89. The van der Waals surface area contributed by atoms with E-state index >= 15 is 0 Å². The zero-order valence-electron chi connectivity index (χ0n) is 21.6. The second-order valence-electron chi connectivity index (χ2n) is 10.3. The smallest absolute Gasteiger partial charge is 0.406 e. The van der Waals surface area contributed by atoms with Crippen LogP contribution in [0.25, 0.3) is 10.9 Å². The topological polar surface area (TPSA) is 69.3 Å². The van der Waals surface area contributed by atoms with E-state index in [-0.39, 0.29) is 18.1 Å². The summed E-state index contributed by atoms with van der Waals surface area (Å²) in [6, 6.07) is 20.8. The molecule has 4 aromatic rings. The van der Waals surface area contributed by atoms with Gasteiger partial charge in [-0.25, -0.2) is 0 Å². The fourth-order valence-corrected chi connectivity index (χ4v) is 5.65. The van der Waals surface area contributed by atoms with E-state index in [1.807, 2.05) is 18.2 Å². The number of nitrogen functional groups attached to an aromatic ring is 1. The van der Waals surface area contributed by atoms with Gasteiger partial charge in [-0.2, -0.15) is 0 Å². The van der Waals surface area contributed by atoms with E-state index in [1.54, 1.807) is 30.3 Å². The van der Waals surface area contributed by atoms with E-state index < -0.39 is 12.3 Å². The molecule has 1 amide bonds. The van der Waals surface area contributed by atoms with Crippen LogP contribution in [0.15, 0.2) is 79.0 Å². The van der Waals surface area contributed by atoms with Gasteiger partial charge in [0.15, 0.2) is 0 Å². The molecule has 3 aromatic carbocycles. The Morgan fingerprint density at radius 3 is 2.49 bits per heavy atom. The number of hydrogen-bond acceptors (Lipinski definition) is 3. The van der Waals surface area contributed by atoms with Crippen molar-refractivity contribution in [1.29, 1.82) is 0 Å². The van der Waals surface area contributed by atoms with Crippen LogP contribution >= 0.6 is 0 Å². The zero-order valence-corrected chi connectivity index (χ0v) is 21.6. The third-order valence-electron chi connectivity index (χ3n) is 7.45. The molecule has 1 fully saturated rings. The molecule has 0 radical (unpaired) electrons. The Hall–Kier alpha value is -3.94. The molecule has 0 aliphatic heterocycles. The van der Waals surface area contributed by atoms with E-state index in [0.717, 1.165) is 23.0 Å². The Morgan fingerprint density at radius 2 is 1.74 bits per heavy atom. The Balaban J connectivity index is 1.52. The molecule has 1 aliphatic carbocycles. The maximum atomic E-state index is 13.3. The molecule has 5 nitrogen and oxygen atoms in total. The number of ether oxygens (including phenoxy) is 1. The fraction of sp³-hybridized carbons (Fsp3) is 0.323. The quantitative estimate of drug-likeness (QED) is 0.226. The third-order valence-corrected chi connectivity index (χ3v) is 7.45. The summed E-state index contributed by atoms with van der Waals surface area (Å²) >= 11 is 0. The number of halogens is 3. The second kappa shape index (κ2) is 11.4. The van der Waals surface area contributed by atoms with Crippen LogP contribution in [-0.2, 0) is 11.3 Å². The highest BCUT2D eigenvalue weighted by Crippen LogP contribution is 2.38. The molecule has 8 heteroatoms. The predicted octanol–water partition coefficient (Wildman–Crippen LogP) is 7.86. The summed E-state index contributed by atoms with van der Waals surface area (Å²) in [6.45, 7) is 0.877. The standard InChI is InChI=1S/C31H32F3N3O2/c32-31(33,34)39-25-10-6-9-22(17-25)27(18-30(38)36-24-15-13-23(35)14-16-24)28-20-37(19-21-7-2-1-3-8-21)29-12-5-4-11-26(28)29/h4-6,9-17,20-21,27H,1-3,7-8,18-19,35H2,(H,36,38). The van der Waals surface area contributed by atoms with Crippen LogP contribution in [0.5, 0.6) is 5.75 Å². The van der Waals surface area contributed by atoms with Gasteiger partial charge in [0.1, 0.15) is 5.75 Å². The molecule has 0 saturated heterocycles. The SMILES string of the molecule is Nc1ccc(NC(=O)CC(c2cccc(OC(F)(F)F)c2)c2cn(CC3CCCCC3)c3ccccc23)cc1. The molecule has 39 heavy (non-hydrogen) atoms. The molecular formula is C31H32F3N3O2. The van der Waals surface area contributed by atoms with Crippen molar-refractivity contribution in [2.24, 2.45) is 5.92 Å². The van der Waals surface area contributed by atoms with E-state index in [9.17, 15) is 18.0 Å². The first-order valence-corrected chi connectivity index (χ1v) is 13.3. The number of benzene rings is 3. The molecule has 1 atom stereocenters. The molecule has 204 valence electrons. The Bertz CT molecular complexity index is 1420. The largest absolute Gasteiger partial charge is 0.573 e. The number of alkyl halides is 3. The third kappa shape index (κ3) is 6.74. The van der Waals surface area contributed by atoms with Crippen molar-refractivity contribution in [2.45, 2.75) is 57.3 Å². The van der Waals surface area contributed by atoms with E-state index in [1.165, 1.54) is 50.3 Å². The first-order valence-electron chi connectivity index (χ1n) is 13.3. The maximum absolute atomic E-state index is 13.3.